The van der Waals surface area contributed by atoms with Crippen molar-refractivity contribution in [3.05, 3.63) is 35.9 Å². The maximum absolute atomic E-state index is 6.21. The van der Waals surface area contributed by atoms with Crippen LogP contribution in [-0.2, 0) is 0 Å². The Balaban J connectivity index is 1.75. The van der Waals surface area contributed by atoms with Crippen LogP contribution in [0.2, 0.25) is 0 Å². The fourth-order valence-corrected chi connectivity index (χ4v) is 2.47. The minimum absolute atomic E-state index is 0.190. The summed E-state index contributed by atoms with van der Waals surface area (Å²) in [4.78, 5) is 2.56. The van der Waals surface area contributed by atoms with Crippen LogP contribution in [0.4, 0.5) is 0 Å². The van der Waals surface area contributed by atoms with Crippen LogP contribution in [0.15, 0.2) is 30.3 Å². The van der Waals surface area contributed by atoms with E-state index in [1.807, 2.05) is 6.07 Å². The van der Waals surface area contributed by atoms with Gasteiger partial charge in [-0.1, -0.05) is 37.3 Å². The molecule has 0 saturated carbocycles. The van der Waals surface area contributed by atoms with Gasteiger partial charge >= 0.3 is 0 Å². The van der Waals surface area contributed by atoms with Crippen molar-refractivity contribution in [1.29, 1.82) is 0 Å². The third kappa shape index (κ3) is 3.83. The van der Waals surface area contributed by atoms with E-state index < -0.39 is 0 Å². The topological polar surface area (TPSA) is 29.3 Å². The highest BCUT2D eigenvalue weighted by Crippen LogP contribution is 2.18. The van der Waals surface area contributed by atoms with Crippen molar-refractivity contribution in [3.8, 4) is 0 Å². The molecule has 2 rings (SSSR count). The van der Waals surface area contributed by atoms with Gasteiger partial charge < -0.3 is 10.6 Å². The number of hydrogen-bond acceptors (Lipinski definition) is 2. The lowest BCUT2D eigenvalue weighted by atomic mass is 9.98. The van der Waals surface area contributed by atoms with E-state index in [0.29, 0.717) is 0 Å². The van der Waals surface area contributed by atoms with Crippen molar-refractivity contribution in [2.45, 2.75) is 32.2 Å². The molecule has 0 aromatic heterocycles. The van der Waals surface area contributed by atoms with Gasteiger partial charge in [0.2, 0.25) is 0 Å². The molecule has 1 aromatic rings. The average Bonchev–Trinajstić information content (AvgIpc) is 2.39. The molecule has 2 nitrogen and oxygen atoms in total. The van der Waals surface area contributed by atoms with E-state index in [1.165, 1.54) is 31.5 Å². The lowest BCUT2D eigenvalue weighted by Gasteiger charge is -2.30. The summed E-state index contributed by atoms with van der Waals surface area (Å²) >= 11 is 0. The molecule has 1 fully saturated rings. The molecule has 0 bridgehead atoms. The van der Waals surface area contributed by atoms with Crippen LogP contribution in [0.25, 0.3) is 0 Å². The second kappa shape index (κ2) is 6.18. The highest BCUT2D eigenvalue weighted by Gasteiger charge is 2.16. The summed E-state index contributed by atoms with van der Waals surface area (Å²) in [5, 5.41) is 0. The zero-order valence-corrected chi connectivity index (χ0v) is 10.8. The van der Waals surface area contributed by atoms with Gasteiger partial charge in [-0.15, -0.1) is 0 Å². The first-order chi connectivity index (χ1) is 8.25. The summed E-state index contributed by atoms with van der Waals surface area (Å²) in [5.74, 6) is 0.911. The fourth-order valence-electron chi connectivity index (χ4n) is 2.47. The SMILES string of the molecule is CC1CCN(CC[C@@H](N)c2ccccc2)CC1. The fraction of sp³-hybridized carbons (Fsp3) is 0.600. The number of nitrogens with two attached hydrogens (primary N) is 1. The second-order valence-electron chi connectivity index (χ2n) is 5.33. The molecule has 1 heterocycles. The molecule has 0 radical (unpaired) electrons. The smallest absolute Gasteiger partial charge is 0.0307 e. The number of nitrogens with zero attached hydrogens (tertiary/aromatic N) is 1. The van der Waals surface area contributed by atoms with E-state index in [0.717, 1.165) is 18.9 Å². The van der Waals surface area contributed by atoms with E-state index >= 15 is 0 Å². The zero-order chi connectivity index (χ0) is 12.1. The van der Waals surface area contributed by atoms with Crippen molar-refractivity contribution < 1.29 is 0 Å². The quantitative estimate of drug-likeness (QED) is 0.865. The van der Waals surface area contributed by atoms with Crippen LogP contribution in [0.1, 0.15) is 37.8 Å². The number of piperidine rings is 1. The number of hydrogen-bond donors (Lipinski definition) is 1. The highest BCUT2D eigenvalue weighted by atomic mass is 15.1. The van der Waals surface area contributed by atoms with Gasteiger partial charge in [0, 0.05) is 6.04 Å². The Morgan fingerprint density at radius 3 is 2.53 bits per heavy atom. The predicted molar refractivity (Wildman–Crippen MR) is 72.8 cm³/mol. The molecule has 17 heavy (non-hydrogen) atoms. The van der Waals surface area contributed by atoms with E-state index in [4.69, 9.17) is 5.73 Å². The molecular formula is C15H24N2. The highest BCUT2D eigenvalue weighted by molar-refractivity contribution is 5.18. The average molecular weight is 232 g/mol. The predicted octanol–water partition coefficient (Wildman–Crippen LogP) is 2.81. The maximum Gasteiger partial charge on any atom is 0.0307 e. The summed E-state index contributed by atoms with van der Waals surface area (Å²) in [6.07, 6.45) is 3.76. The standard InChI is InChI=1S/C15H24N2/c1-13-7-10-17(11-8-13)12-9-15(16)14-5-3-2-4-6-14/h2-6,13,15H,7-12,16H2,1H3/t15-/m1/s1. The van der Waals surface area contributed by atoms with Crippen LogP contribution in [0, 0.1) is 5.92 Å². The van der Waals surface area contributed by atoms with Crippen molar-refractivity contribution in [2.75, 3.05) is 19.6 Å². The molecule has 1 saturated heterocycles. The summed E-state index contributed by atoms with van der Waals surface area (Å²) in [6.45, 7) is 6.00. The van der Waals surface area contributed by atoms with Gasteiger partial charge in [-0.05, 0) is 50.4 Å². The molecule has 0 amide bonds. The number of rotatable bonds is 4. The minimum atomic E-state index is 0.190. The Labute approximate surface area is 105 Å². The Hall–Kier alpha value is -0.860. The molecule has 2 N–H and O–H groups in total. The lowest BCUT2D eigenvalue weighted by Crippen LogP contribution is -2.34. The largest absolute Gasteiger partial charge is 0.324 e. The molecule has 1 aromatic carbocycles. The monoisotopic (exact) mass is 232 g/mol. The lowest BCUT2D eigenvalue weighted by molar-refractivity contribution is 0.187. The number of likely N-dealkylation sites (tertiary alicyclic amines) is 1. The molecule has 0 aliphatic carbocycles. The third-order valence-corrected chi connectivity index (χ3v) is 3.86. The second-order valence-corrected chi connectivity index (χ2v) is 5.33. The van der Waals surface area contributed by atoms with Crippen molar-refractivity contribution in [3.63, 3.8) is 0 Å². The molecule has 0 unspecified atom stereocenters. The van der Waals surface area contributed by atoms with Gasteiger partial charge in [-0.2, -0.15) is 0 Å². The normalized spacial score (nSPS) is 20.4. The summed E-state index contributed by atoms with van der Waals surface area (Å²) in [5.41, 5.74) is 7.47. The van der Waals surface area contributed by atoms with Crippen LogP contribution in [-0.4, -0.2) is 24.5 Å². The van der Waals surface area contributed by atoms with Crippen LogP contribution in [0.3, 0.4) is 0 Å². The molecule has 94 valence electrons. The van der Waals surface area contributed by atoms with Gasteiger partial charge in [0.15, 0.2) is 0 Å². The van der Waals surface area contributed by atoms with Gasteiger partial charge in [0.05, 0.1) is 0 Å². The molecule has 0 spiro atoms. The van der Waals surface area contributed by atoms with E-state index in [-0.39, 0.29) is 6.04 Å². The minimum Gasteiger partial charge on any atom is -0.324 e. The van der Waals surface area contributed by atoms with E-state index in [2.05, 4.69) is 36.1 Å². The van der Waals surface area contributed by atoms with E-state index in [9.17, 15) is 0 Å². The first-order valence-corrected chi connectivity index (χ1v) is 6.78. The van der Waals surface area contributed by atoms with Crippen LogP contribution >= 0.6 is 0 Å². The first-order valence-electron chi connectivity index (χ1n) is 6.78. The van der Waals surface area contributed by atoms with Gasteiger partial charge in [-0.3, -0.25) is 0 Å². The maximum atomic E-state index is 6.21. The summed E-state index contributed by atoms with van der Waals surface area (Å²) in [6, 6.07) is 10.6. The van der Waals surface area contributed by atoms with Gasteiger partial charge in [0.25, 0.3) is 0 Å². The summed E-state index contributed by atoms with van der Waals surface area (Å²) < 4.78 is 0. The van der Waals surface area contributed by atoms with Gasteiger partial charge in [0.1, 0.15) is 0 Å². The Morgan fingerprint density at radius 1 is 1.24 bits per heavy atom. The van der Waals surface area contributed by atoms with Crippen molar-refractivity contribution >= 4 is 0 Å². The molecule has 2 heteroatoms. The Kier molecular flexibility index (Phi) is 4.57. The molecular weight excluding hydrogens is 208 g/mol. The zero-order valence-electron chi connectivity index (χ0n) is 10.8. The van der Waals surface area contributed by atoms with Crippen molar-refractivity contribution in [1.82, 2.24) is 4.90 Å². The van der Waals surface area contributed by atoms with E-state index in [1.54, 1.807) is 0 Å². The third-order valence-electron chi connectivity index (χ3n) is 3.86. The van der Waals surface area contributed by atoms with Crippen LogP contribution < -0.4 is 5.73 Å². The van der Waals surface area contributed by atoms with Gasteiger partial charge in [-0.25, -0.2) is 0 Å². The Bertz CT molecular complexity index is 315. The molecule has 1 atom stereocenters. The molecule has 1 aliphatic rings. The summed E-state index contributed by atoms with van der Waals surface area (Å²) in [7, 11) is 0. The van der Waals surface area contributed by atoms with Crippen molar-refractivity contribution in [2.24, 2.45) is 11.7 Å². The van der Waals surface area contributed by atoms with Crippen LogP contribution in [0.5, 0.6) is 0 Å². The Morgan fingerprint density at radius 2 is 1.88 bits per heavy atom. The first kappa shape index (κ1) is 12.6. The number of benzene rings is 1. The molecule has 1 aliphatic heterocycles.